The van der Waals surface area contributed by atoms with E-state index in [4.69, 9.17) is 16.3 Å². The number of nitrogens with zero attached hydrogens (tertiary/aromatic N) is 1. The number of piperidine rings is 1. The molecule has 0 unspecified atom stereocenters. The molecule has 0 aliphatic carbocycles. The van der Waals surface area contributed by atoms with Crippen molar-refractivity contribution in [3.63, 3.8) is 0 Å². The Morgan fingerprint density at radius 3 is 2.44 bits per heavy atom. The van der Waals surface area contributed by atoms with E-state index in [9.17, 15) is 4.79 Å². The van der Waals surface area contributed by atoms with Gasteiger partial charge in [-0.1, -0.05) is 0 Å². The number of amides is 1. The van der Waals surface area contributed by atoms with Crippen molar-refractivity contribution in [1.29, 1.82) is 0 Å². The maximum absolute atomic E-state index is 11.4. The molecule has 0 aromatic heterocycles. The predicted octanol–water partition coefficient (Wildman–Crippen LogP) is 1.62. The normalized spacial score (nSPS) is 20.7. The van der Waals surface area contributed by atoms with Gasteiger partial charge in [-0.15, -0.1) is 11.6 Å². The lowest BCUT2D eigenvalue weighted by Gasteiger charge is -2.42. The zero-order valence-corrected chi connectivity index (χ0v) is 12.6. The summed E-state index contributed by atoms with van der Waals surface area (Å²) in [6, 6.07) is 0. The molecule has 0 aromatic rings. The van der Waals surface area contributed by atoms with Crippen molar-refractivity contribution in [3.8, 4) is 0 Å². The molecule has 106 valence electrons. The minimum absolute atomic E-state index is 0.0377. The first-order valence-electron chi connectivity index (χ1n) is 6.45. The van der Waals surface area contributed by atoms with Gasteiger partial charge in [-0.3, -0.25) is 4.79 Å². The number of hydrogen-bond donors (Lipinski definition) is 1. The Bertz CT molecular complexity index is 287. The first-order valence-corrected chi connectivity index (χ1v) is 6.98. The number of halogens is 1. The molecule has 18 heavy (non-hydrogen) atoms. The molecule has 1 heterocycles. The second-order valence-electron chi connectivity index (χ2n) is 5.98. The van der Waals surface area contributed by atoms with Crippen LogP contribution in [0.4, 0.5) is 0 Å². The van der Waals surface area contributed by atoms with Crippen LogP contribution in [0.5, 0.6) is 0 Å². The summed E-state index contributed by atoms with van der Waals surface area (Å²) in [5, 5.41) is 3.01. The molecule has 0 atom stereocenters. The Kier molecular flexibility index (Phi) is 5.44. The first-order chi connectivity index (χ1) is 8.30. The van der Waals surface area contributed by atoms with E-state index in [1.54, 1.807) is 7.11 Å². The molecule has 1 rings (SSSR count). The fraction of sp³-hybridized carbons (Fsp3) is 0.923. The molecule has 1 N–H and O–H groups in total. The monoisotopic (exact) mass is 276 g/mol. The van der Waals surface area contributed by atoms with Crippen LogP contribution in [0.25, 0.3) is 0 Å². The summed E-state index contributed by atoms with van der Waals surface area (Å²) in [7, 11) is 1.74. The molecule has 0 bridgehead atoms. The van der Waals surface area contributed by atoms with Gasteiger partial charge >= 0.3 is 0 Å². The van der Waals surface area contributed by atoms with Gasteiger partial charge in [0.1, 0.15) is 5.88 Å². The van der Waals surface area contributed by atoms with Crippen LogP contribution in [0.1, 0.15) is 33.6 Å². The molecule has 1 saturated heterocycles. The van der Waals surface area contributed by atoms with Gasteiger partial charge in [0.25, 0.3) is 0 Å². The van der Waals surface area contributed by atoms with E-state index >= 15 is 0 Å². The number of carbonyl (C=O) groups is 1. The van der Waals surface area contributed by atoms with Crippen LogP contribution in [0, 0.1) is 0 Å². The van der Waals surface area contributed by atoms with E-state index in [0.29, 0.717) is 0 Å². The van der Waals surface area contributed by atoms with Gasteiger partial charge in [0.15, 0.2) is 0 Å². The smallest absolute Gasteiger partial charge is 0.235 e. The summed E-state index contributed by atoms with van der Waals surface area (Å²) in [6.07, 6.45) is 1.91. The third kappa shape index (κ3) is 4.75. The molecule has 0 saturated carbocycles. The number of methoxy groups -OCH3 is 1. The van der Waals surface area contributed by atoms with Crippen LogP contribution in [0.3, 0.4) is 0 Å². The summed E-state index contributed by atoms with van der Waals surface area (Å²) < 4.78 is 5.45. The summed E-state index contributed by atoms with van der Waals surface area (Å²) >= 11 is 5.53. The Morgan fingerprint density at radius 1 is 1.44 bits per heavy atom. The van der Waals surface area contributed by atoms with E-state index in [2.05, 4.69) is 31.0 Å². The molecule has 0 spiro atoms. The van der Waals surface area contributed by atoms with E-state index in [1.165, 1.54) is 0 Å². The third-order valence-electron chi connectivity index (χ3n) is 3.68. The molecule has 0 radical (unpaired) electrons. The van der Waals surface area contributed by atoms with E-state index in [0.717, 1.165) is 32.5 Å². The fourth-order valence-corrected chi connectivity index (χ4v) is 2.37. The van der Waals surface area contributed by atoms with Gasteiger partial charge in [-0.05, 0) is 33.6 Å². The first kappa shape index (κ1) is 15.7. The van der Waals surface area contributed by atoms with Crippen LogP contribution >= 0.6 is 11.6 Å². The zero-order chi connectivity index (χ0) is 13.8. The highest BCUT2D eigenvalue weighted by atomic mass is 35.5. The minimum Gasteiger partial charge on any atom is -0.377 e. The maximum atomic E-state index is 11.4. The van der Waals surface area contributed by atoms with Crippen LogP contribution < -0.4 is 5.32 Å². The molecular formula is C13H25ClN2O2. The summed E-state index contributed by atoms with van der Waals surface area (Å²) in [6.45, 7) is 9.16. The van der Waals surface area contributed by atoms with Gasteiger partial charge in [-0.25, -0.2) is 0 Å². The lowest BCUT2D eigenvalue weighted by molar-refractivity contribution is -0.121. The van der Waals surface area contributed by atoms with Gasteiger partial charge in [-0.2, -0.15) is 0 Å². The molecule has 1 amide bonds. The standard InChI is InChI=1S/C13H25ClN2O2/c1-12(2,18-4)10-16-7-5-13(3,6-8-16)15-11(17)9-14/h5-10H2,1-4H3,(H,15,17). The molecule has 4 nitrogen and oxygen atoms in total. The van der Waals surface area contributed by atoms with Crippen LogP contribution in [0.15, 0.2) is 0 Å². The number of hydrogen-bond acceptors (Lipinski definition) is 3. The van der Waals surface area contributed by atoms with E-state index in [-0.39, 0.29) is 22.9 Å². The van der Waals surface area contributed by atoms with Gasteiger partial charge in [0, 0.05) is 32.3 Å². The van der Waals surface area contributed by atoms with Crippen molar-refractivity contribution < 1.29 is 9.53 Å². The lowest BCUT2D eigenvalue weighted by Crippen LogP contribution is -2.55. The van der Waals surface area contributed by atoms with Crippen LogP contribution in [-0.4, -0.2) is 54.6 Å². The van der Waals surface area contributed by atoms with E-state index < -0.39 is 0 Å². The average molecular weight is 277 g/mol. The number of nitrogens with one attached hydrogen (secondary N) is 1. The molecule has 1 fully saturated rings. The highest BCUT2D eigenvalue weighted by molar-refractivity contribution is 6.27. The number of ether oxygens (including phenoxy) is 1. The van der Waals surface area contributed by atoms with Crippen molar-refractivity contribution in [3.05, 3.63) is 0 Å². The van der Waals surface area contributed by atoms with Crippen LogP contribution in [-0.2, 0) is 9.53 Å². The third-order valence-corrected chi connectivity index (χ3v) is 3.92. The topological polar surface area (TPSA) is 41.6 Å². The zero-order valence-electron chi connectivity index (χ0n) is 11.9. The van der Waals surface area contributed by atoms with Crippen molar-refractivity contribution in [2.24, 2.45) is 0 Å². The molecule has 5 heteroatoms. The van der Waals surface area contributed by atoms with Crippen molar-refractivity contribution in [2.45, 2.75) is 44.8 Å². The molecule has 1 aliphatic rings. The Labute approximate surface area is 115 Å². The fourth-order valence-electron chi connectivity index (χ4n) is 2.30. The van der Waals surface area contributed by atoms with Gasteiger partial charge < -0.3 is 15.0 Å². The average Bonchev–Trinajstić information content (AvgIpc) is 2.32. The SMILES string of the molecule is COC(C)(C)CN1CCC(C)(NC(=O)CCl)CC1. The Morgan fingerprint density at radius 2 is 2.00 bits per heavy atom. The van der Waals surface area contributed by atoms with Crippen molar-refractivity contribution in [1.82, 2.24) is 10.2 Å². The molecule has 0 aromatic carbocycles. The largest absolute Gasteiger partial charge is 0.377 e. The number of likely N-dealkylation sites (tertiary alicyclic amines) is 1. The van der Waals surface area contributed by atoms with E-state index in [1.807, 2.05) is 0 Å². The predicted molar refractivity (Wildman–Crippen MR) is 74.0 cm³/mol. The summed E-state index contributed by atoms with van der Waals surface area (Å²) in [5.74, 6) is -0.0411. The minimum atomic E-state index is -0.118. The number of rotatable bonds is 5. The quantitative estimate of drug-likeness (QED) is 0.776. The Balaban J connectivity index is 2.43. The Hall–Kier alpha value is -0.320. The van der Waals surface area contributed by atoms with Gasteiger partial charge in [0.05, 0.1) is 5.60 Å². The highest BCUT2D eigenvalue weighted by Crippen LogP contribution is 2.23. The second kappa shape index (κ2) is 6.22. The maximum Gasteiger partial charge on any atom is 0.235 e. The molecular weight excluding hydrogens is 252 g/mol. The van der Waals surface area contributed by atoms with Crippen molar-refractivity contribution in [2.75, 3.05) is 32.6 Å². The van der Waals surface area contributed by atoms with Crippen LogP contribution in [0.2, 0.25) is 0 Å². The molecule has 1 aliphatic heterocycles. The lowest BCUT2D eigenvalue weighted by atomic mass is 9.89. The number of carbonyl (C=O) groups excluding carboxylic acids is 1. The van der Waals surface area contributed by atoms with Gasteiger partial charge in [0.2, 0.25) is 5.91 Å². The summed E-state index contributed by atoms with van der Waals surface area (Å²) in [4.78, 5) is 13.8. The number of alkyl halides is 1. The van der Waals surface area contributed by atoms with Crippen molar-refractivity contribution >= 4 is 17.5 Å². The highest BCUT2D eigenvalue weighted by Gasteiger charge is 2.33. The summed E-state index contributed by atoms with van der Waals surface area (Å²) in [5.41, 5.74) is -0.229. The second-order valence-corrected chi connectivity index (χ2v) is 6.25.